The monoisotopic (exact) mass is 246 g/mol. The van der Waals surface area contributed by atoms with Crippen LogP contribution in [0.25, 0.3) is 0 Å². The highest BCUT2D eigenvalue weighted by Gasteiger charge is 2.14. The number of nitrogens with one attached hydrogen (secondary N) is 2. The molecule has 5 heteroatoms. The summed E-state index contributed by atoms with van der Waals surface area (Å²) in [7, 11) is -3.24. The lowest BCUT2D eigenvalue weighted by Gasteiger charge is -2.12. The van der Waals surface area contributed by atoms with Gasteiger partial charge in [0.1, 0.15) is 0 Å². The Morgan fingerprint density at radius 1 is 1.38 bits per heavy atom. The van der Waals surface area contributed by atoms with E-state index >= 15 is 0 Å². The zero-order valence-corrected chi connectivity index (χ0v) is 11.1. The van der Waals surface area contributed by atoms with E-state index in [1.165, 1.54) is 0 Å². The number of hydrogen-bond donors (Lipinski definition) is 2. The van der Waals surface area contributed by atoms with Gasteiger partial charge in [-0.05, 0) is 19.4 Å². The maximum atomic E-state index is 11.6. The van der Waals surface area contributed by atoms with Crippen LogP contribution in [0.4, 0.5) is 0 Å². The number of sulfonamides is 1. The van der Waals surface area contributed by atoms with Crippen molar-refractivity contribution >= 4 is 10.0 Å². The van der Waals surface area contributed by atoms with Gasteiger partial charge in [-0.1, -0.05) is 26.7 Å². The summed E-state index contributed by atoms with van der Waals surface area (Å²) < 4.78 is 25.6. The summed E-state index contributed by atoms with van der Waals surface area (Å²) in [5, 5.41) is 3.17. The van der Waals surface area contributed by atoms with Crippen LogP contribution in [0.3, 0.4) is 0 Å². The summed E-state index contributed by atoms with van der Waals surface area (Å²) in [5.41, 5.74) is 0. The van der Waals surface area contributed by atoms with Crippen LogP contribution in [0.2, 0.25) is 0 Å². The van der Waals surface area contributed by atoms with E-state index in [0.29, 0.717) is 25.4 Å². The first-order valence-corrected chi connectivity index (χ1v) is 7.26. The van der Waals surface area contributed by atoms with Crippen molar-refractivity contribution in [2.24, 2.45) is 0 Å². The molecule has 0 spiro atoms. The second-order valence-electron chi connectivity index (χ2n) is 4.03. The molecule has 94 valence electrons. The lowest BCUT2D eigenvalue weighted by molar-refractivity contribution is 0.554. The molecule has 4 nitrogen and oxygen atoms in total. The minimum absolute atomic E-state index is 0.116. The SMILES string of the molecule is C#CC(CC)NS(=O)(=O)CCCNC(C)C. The third-order valence-corrected chi connectivity index (χ3v) is 3.54. The number of hydrogen-bond acceptors (Lipinski definition) is 3. The molecule has 1 atom stereocenters. The molecule has 0 amide bonds. The van der Waals surface area contributed by atoms with Crippen molar-refractivity contribution in [3.63, 3.8) is 0 Å². The Morgan fingerprint density at radius 2 is 2.00 bits per heavy atom. The molecule has 0 aliphatic carbocycles. The third kappa shape index (κ3) is 7.69. The standard InChI is InChI=1S/C11H22N2O2S/c1-5-11(6-2)13-16(14,15)9-7-8-12-10(3)4/h1,10-13H,6-9H2,2-4H3. The average Bonchev–Trinajstić information content (AvgIpc) is 2.21. The number of terminal acetylenes is 1. The van der Waals surface area contributed by atoms with Crippen molar-refractivity contribution in [3.8, 4) is 12.3 Å². The Labute approximate surface area is 99.2 Å². The van der Waals surface area contributed by atoms with Crippen LogP contribution in [-0.4, -0.2) is 32.8 Å². The highest BCUT2D eigenvalue weighted by Crippen LogP contribution is 1.95. The van der Waals surface area contributed by atoms with E-state index in [0.717, 1.165) is 0 Å². The zero-order valence-electron chi connectivity index (χ0n) is 10.3. The minimum Gasteiger partial charge on any atom is -0.314 e. The Morgan fingerprint density at radius 3 is 2.44 bits per heavy atom. The zero-order chi connectivity index (χ0) is 12.6. The van der Waals surface area contributed by atoms with Gasteiger partial charge in [0.05, 0.1) is 11.8 Å². The van der Waals surface area contributed by atoms with Gasteiger partial charge in [-0.25, -0.2) is 13.1 Å². The Bertz CT molecular complexity index is 317. The highest BCUT2D eigenvalue weighted by molar-refractivity contribution is 7.89. The van der Waals surface area contributed by atoms with Crippen molar-refractivity contribution in [2.45, 2.75) is 45.7 Å². The van der Waals surface area contributed by atoms with Crippen molar-refractivity contribution in [1.82, 2.24) is 10.0 Å². The highest BCUT2D eigenvalue weighted by atomic mass is 32.2. The van der Waals surface area contributed by atoms with E-state index in [1.807, 2.05) is 20.8 Å². The fraction of sp³-hybridized carbons (Fsp3) is 0.818. The normalized spacial score (nSPS) is 13.7. The van der Waals surface area contributed by atoms with Gasteiger partial charge in [0.2, 0.25) is 10.0 Å². The van der Waals surface area contributed by atoms with Gasteiger partial charge in [-0.2, -0.15) is 0 Å². The predicted molar refractivity (Wildman–Crippen MR) is 67.6 cm³/mol. The van der Waals surface area contributed by atoms with Gasteiger partial charge < -0.3 is 5.32 Å². The maximum Gasteiger partial charge on any atom is 0.212 e. The van der Waals surface area contributed by atoms with Gasteiger partial charge in [-0.3, -0.25) is 0 Å². The van der Waals surface area contributed by atoms with Crippen LogP contribution in [-0.2, 0) is 10.0 Å². The summed E-state index contributed by atoms with van der Waals surface area (Å²) in [6, 6.07) is -0.00665. The molecule has 0 aromatic carbocycles. The van der Waals surface area contributed by atoms with Crippen molar-refractivity contribution in [3.05, 3.63) is 0 Å². The molecule has 0 aliphatic heterocycles. The van der Waals surface area contributed by atoms with E-state index in [1.54, 1.807) is 0 Å². The van der Waals surface area contributed by atoms with Crippen LogP contribution in [0.1, 0.15) is 33.6 Å². The lowest BCUT2D eigenvalue weighted by Crippen LogP contribution is -2.36. The molecule has 1 unspecified atom stereocenters. The summed E-state index contributed by atoms with van der Waals surface area (Å²) in [5.74, 6) is 2.53. The largest absolute Gasteiger partial charge is 0.314 e. The first-order valence-electron chi connectivity index (χ1n) is 5.60. The summed E-state index contributed by atoms with van der Waals surface area (Å²) in [6.45, 7) is 6.61. The van der Waals surface area contributed by atoms with Crippen LogP contribution in [0.15, 0.2) is 0 Å². The van der Waals surface area contributed by atoms with E-state index in [4.69, 9.17) is 6.42 Å². The average molecular weight is 246 g/mol. The van der Waals surface area contributed by atoms with Gasteiger partial charge >= 0.3 is 0 Å². The summed E-state index contributed by atoms with van der Waals surface area (Å²) in [4.78, 5) is 0. The smallest absolute Gasteiger partial charge is 0.212 e. The molecule has 0 bridgehead atoms. The van der Waals surface area contributed by atoms with Crippen LogP contribution < -0.4 is 10.0 Å². The molecule has 0 heterocycles. The molecule has 0 radical (unpaired) electrons. The van der Waals surface area contributed by atoms with E-state index < -0.39 is 10.0 Å². The Hall–Kier alpha value is -0.570. The Balaban J connectivity index is 3.93. The first-order chi connectivity index (χ1) is 7.41. The first kappa shape index (κ1) is 15.4. The fourth-order valence-electron chi connectivity index (χ4n) is 1.16. The topological polar surface area (TPSA) is 58.2 Å². The number of rotatable bonds is 8. The summed E-state index contributed by atoms with van der Waals surface area (Å²) in [6.07, 6.45) is 6.40. The second kappa shape index (κ2) is 7.66. The van der Waals surface area contributed by atoms with Crippen molar-refractivity contribution in [1.29, 1.82) is 0 Å². The van der Waals surface area contributed by atoms with E-state index in [2.05, 4.69) is 16.0 Å². The molecule has 0 fully saturated rings. The molecule has 0 aromatic heterocycles. The maximum absolute atomic E-state index is 11.6. The third-order valence-electron chi connectivity index (χ3n) is 2.07. The van der Waals surface area contributed by atoms with Crippen molar-refractivity contribution in [2.75, 3.05) is 12.3 Å². The van der Waals surface area contributed by atoms with Crippen molar-refractivity contribution < 1.29 is 8.42 Å². The molecule has 0 saturated heterocycles. The summed E-state index contributed by atoms with van der Waals surface area (Å²) >= 11 is 0. The minimum atomic E-state index is -3.24. The van der Waals surface area contributed by atoms with Crippen LogP contribution >= 0.6 is 0 Å². The van der Waals surface area contributed by atoms with Gasteiger partial charge in [0.25, 0.3) is 0 Å². The molecule has 0 aromatic rings. The molecular formula is C11H22N2O2S. The fourth-order valence-corrected chi connectivity index (χ4v) is 2.47. The van der Waals surface area contributed by atoms with Gasteiger partial charge in [0.15, 0.2) is 0 Å². The quantitative estimate of drug-likeness (QED) is 0.490. The lowest BCUT2D eigenvalue weighted by atomic mass is 10.3. The molecule has 16 heavy (non-hydrogen) atoms. The molecule has 0 aliphatic rings. The van der Waals surface area contributed by atoms with Crippen LogP contribution in [0, 0.1) is 12.3 Å². The van der Waals surface area contributed by atoms with E-state index in [9.17, 15) is 8.42 Å². The van der Waals surface area contributed by atoms with Crippen LogP contribution in [0.5, 0.6) is 0 Å². The van der Waals surface area contributed by atoms with Gasteiger partial charge in [-0.15, -0.1) is 6.42 Å². The molecule has 2 N–H and O–H groups in total. The Kier molecular flexibility index (Phi) is 7.39. The predicted octanol–water partition coefficient (Wildman–Crippen LogP) is 0.706. The van der Waals surface area contributed by atoms with E-state index in [-0.39, 0.29) is 11.8 Å². The molecule has 0 saturated carbocycles. The van der Waals surface area contributed by atoms with Gasteiger partial charge in [0, 0.05) is 6.04 Å². The second-order valence-corrected chi connectivity index (χ2v) is 5.90. The molecular weight excluding hydrogens is 224 g/mol. The molecule has 0 rings (SSSR count).